The summed E-state index contributed by atoms with van der Waals surface area (Å²) in [7, 11) is 0. The number of rotatable bonds is 4. The van der Waals surface area contributed by atoms with E-state index >= 15 is 0 Å². The number of aromatic amines is 1. The van der Waals surface area contributed by atoms with Gasteiger partial charge in [-0.1, -0.05) is 72.8 Å². The van der Waals surface area contributed by atoms with Crippen LogP contribution in [0, 0.1) is 0 Å². The molecule has 4 heteroatoms. The van der Waals surface area contributed by atoms with Crippen LogP contribution in [0.1, 0.15) is 29.0 Å². The second-order valence-electron chi connectivity index (χ2n) is 6.30. The van der Waals surface area contributed by atoms with Gasteiger partial charge in [0.25, 0.3) is 5.91 Å². The smallest absolute Gasteiger partial charge is 0.269 e. The lowest BCUT2D eigenvalue weighted by Crippen LogP contribution is -2.26. The van der Waals surface area contributed by atoms with E-state index in [2.05, 4.69) is 33.7 Å². The number of nitrogens with one attached hydrogen (secondary N) is 2. The Kier molecular flexibility index (Phi) is 4.23. The number of amides is 1. The molecule has 0 spiro atoms. The van der Waals surface area contributed by atoms with Crippen LogP contribution in [0.25, 0.3) is 22.0 Å². The minimum absolute atomic E-state index is 0.0759. The Balaban J connectivity index is 1.59. The first-order valence-electron chi connectivity index (χ1n) is 8.62. The van der Waals surface area contributed by atoms with Crippen LogP contribution in [-0.2, 0) is 0 Å². The Morgan fingerprint density at radius 1 is 0.962 bits per heavy atom. The molecule has 2 N–H and O–H groups in total. The number of hydrogen-bond donors (Lipinski definition) is 2. The van der Waals surface area contributed by atoms with Gasteiger partial charge in [-0.05, 0) is 29.3 Å². The predicted molar refractivity (Wildman–Crippen MR) is 104 cm³/mol. The summed E-state index contributed by atoms with van der Waals surface area (Å²) in [6.07, 6.45) is 0. The van der Waals surface area contributed by atoms with Crippen LogP contribution in [0.4, 0.5) is 0 Å². The Hall–Kier alpha value is -3.40. The van der Waals surface area contributed by atoms with Crippen molar-refractivity contribution in [1.82, 2.24) is 15.5 Å². The van der Waals surface area contributed by atoms with Gasteiger partial charge in [-0.3, -0.25) is 9.89 Å². The summed E-state index contributed by atoms with van der Waals surface area (Å²) in [6, 6.07) is 25.9. The predicted octanol–water partition coefficient (Wildman–Crippen LogP) is 4.72. The third-order valence-electron chi connectivity index (χ3n) is 4.54. The molecule has 26 heavy (non-hydrogen) atoms. The Bertz CT molecular complexity index is 1050. The van der Waals surface area contributed by atoms with Gasteiger partial charge in [0.1, 0.15) is 5.69 Å². The summed E-state index contributed by atoms with van der Waals surface area (Å²) in [5.41, 5.74) is 3.29. The summed E-state index contributed by atoms with van der Waals surface area (Å²) in [5, 5.41) is 12.5. The summed E-state index contributed by atoms with van der Waals surface area (Å²) in [4.78, 5) is 12.6. The van der Waals surface area contributed by atoms with E-state index < -0.39 is 0 Å². The van der Waals surface area contributed by atoms with E-state index in [9.17, 15) is 4.79 Å². The molecule has 1 atom stereocenters. The number of H-pyrrole nitrogens is 1. The molecular weight excluding hydrogens is 322 g/mol. The van der Waals surface area contributed by atoms with Crippen LogP contribution in [-0.4, -0.2) is 16.1 Å². The van der Waals surface area contributed by atoms with E-state index in [4.69, 9.17) is 0 Å². The number of carbonyl (C=O) groups excluding carboxylic acids is 1. The van der Waals surface area contributed by atoms with Crippen molar-refractivity contribution < 1.29 is 4.79 Å². The van der Waals surface area contributed by atoms with Crippen molar-refractivity contribution in [2.24, 2.45) is 0 Å². The number of fused-ring (bicyclic) bond motifs is 1. The Labute approximate surface area is 151 Å². The molecule has 0 fully saturated rings. The summed E-state index contributed by atoms with van der Waals surface area (Å²) < 4.78 is 0. The van der Waals surface area contributed by atoms with Crippen molar-refractivity contribution in [2.45, 2.75) is 13.0 Å². The molecule has 0 unspecified atom stereocenters. The molecule has 1 amide bonds. The van der Waals surface area contributed by atoms with Crippen LogP contribution in [0.5, 0.6) is 0 Å². The molecule has 4 rings (SSSR count). The van der Waals surface area contributed by atoms with Crippen LogP contribution < -0.4 is 5.32 Å². The fourth-order valence-electron chi connectivity index (χ4n) is 3.12. The van der Waals surface area contributed by atoms with Crippen LogP contribution >= 0.6 is 0 Å². The monoisotopic (exact) mass is 341 g/mol. The highest BCUT2D eigenvalue weighted by atomic mass is 16.2. The molecule has 0 saturated carbocycles. The normalized spacial score (nSPS) is 12.0. The molecule has 1 heterocycles. The van der Waals surface area contributed by atoms with E-state index in [1.54, 1.807) is 6.07 Å². The van der Waals surface area contributed by atoms with Gasteiger partial charge in [-0.25, -0.2) is 0 Å². The van der Waals surface area contributed by atoms with Crippen molar-refractivity contribution in [3.63, 3.8) is 0 Å². The van der Waals surface area contributed by atoms with Gasteiger partial charge in [0.15, 0.2) is 0 Å². The average Bonchev–Trinajstić information content (AvgIpc) is 3.18. The summed E-state index contributed by atoms with van der Waals surface area (Å²) in [5.74, 6) is -0.166. The highest BCUT2D eigenvalue weighted by Gasteiger charge is 2.15. The molecule has 0 aliphatic heterocycles. The maximum absolute atomic E-state index is 12.6. The summed E-state index contributed by atoms with van der Waals surface area (Å²) in [6.45, 7) is 1.97. The number of carbonyl (C=O) groups is 1. The maximum atomic E-state index is 12.6. The van der Waals surface area contributed by atoms with E-state index in [0.29, 0.717) is 5.69 Å². The second kappa shape index (κ2) is 6.84. The van der Waals surface area contributed by atoms with Crippen molar-refractivity contribution >= 4 is 16.7 Å². The Morgan fingerprint density at radius 2 is 1.69 bits per heavy atom. The Morgan fingerprint density at radius 3 is 2.54 bits per heavy atom. The minimum Gasteiger partial charge on any atom is -0.344 e. The van der Waals surface area contributed by atoms with Gasteiger partial charge in [-0.2, -0.15) is 5.10 Å². The minimum atomic E-state index is -0.166. The molecular formula is C22H19N3O. The van der Waals surface area contributed by atoms with E-state index in [1.165, 1.54) is 0 Å². The maximum Gasteiger partial charge on any atom is 0.269 e. The van der Waals surface area contributed by atoms with Gasteiger partial charge in [0, 0.05) is 5.56 Å². The highest BCUT2D eigenvalue weighted by Crippen LogP contribution is 2.27. The zero-order valence-corrected chi connectivity index (χ0v) is 14.4. The molecule has 0 radical (unpaired) electrons. The topological polar surface area (TPSA) is 57.8 Å². The average molecular weight is 341 g/mol. The molecule has 0 saturated heterocycles. The SMILES string of the molecule is C[C@H](NC(=O)c1cc(-c2cccc3ccccc23)n[nH]1)c1ccccc1. The zero-order chi connectivity index (χ0) is 17.9. The third-order valence-corrected chi connectivity index (χ3v) is 4.54. The van der Waals surface area contributed by atoms with E-state index in [1.807, 2.05) is 61.5 Å². The molecule has 0 aliphatic carbocycles. The fourth-order valence-corrected chi connectivity index (χ4v) is 3.12. The fraction of sp³-hybridized carbons (Fsp3) is 0.0909. The highest BCUT2D eigenvalue weighted by molar-refractivity contribution is 5.98. The van der Waals surface area contributed by atoms with Gasteiger partial charge in [0.2, 0.25) is 0 Å². The second-order valence-corrected chi connectivity index (χ2v) is 6.30. The van der Waals surface area contributed by atoms with Crippen LogP contribution in [0.3, 0.4) is 0 Å². The zero-order valence-electron chi connectivity index (χ0n) is 14.4. The molecule has 4 aromatic rings. The van der Waals surface area contributed by atoms with Crippen molar-refractivity contribution in [1.29, 1.82) is 0 Å². The first kappa shape index (κ1) is 16.1. The lowest BCUT2D eigenvalue weighted by Gasteiger charge is -2.13. The van der Waals surface area contributed by atoms with Crippen molar-refractivity contribution in [2.75, 3.05) is 0 Å². The number of aromatic nitrogens is 2. The quantitative estimate of drug-likeness (QED) is 0.564. The first-order valence-corrected chi connectivity index (χ1v) is 8.62. The molecule has 128 valence electrons. The van der Waals surface area contributed by atoms with Crippen molar-refractivity contribution in [3.8, 4) is 11.3 Å². The van der Waals surface area contributed by atoms with E-state index in [-0.39, 0.29) is 11.9 Å². The first-order chi connectivity index (χ1) is 12.7. The van der Waals surface area contributed by atoms with E-state index in [0.717, 1.165) is 27.6 Å². The lowest BCUT2D eigenvalue weighted by molar-refractivity contribution is 0.0935. The molecule has 4 nitrogen and oxygen atoms in total. The number of benzene rings is 3. The van der Waals surface area contributed by atoms with Gasteiger partial charge >= 0.3 is 0 Å². The van der Waals surface area contributed by atoms with Crippen molar-refractivity contribution in [3.05, 3.63) is 90.1 Å². The van der Waals surface area contributed by atoms with Gasteiger partial charge in [-0.15, -0.1) is 0 Å². The molecule has 3 aromatic carbocycles. The molecule has 0 bridgehead atoms. The standard InChI is InChI=1S/C22H19N3O/c1-15(16-8-3-2-4-9-16)23-22(26)21-14-20(24-25-21)19-13-7-11-17-10-5-6-12-18(17)19/h2-15H,1H3,(H,23,26)(H,24,25)/t15-/m0/s1. The van der Waals surface area contributed by atoms with Crippen LogP contribution in [0.2, 0.25) is 0 Å². The molecule has 0 aliphatic rings. The lowest BCUT2D eigenvalue weighted by atomic mass is 10.0. The number of nitrogens with zero attached hydrogens (tertiary/aromatic N) is 1. The van der Waals surface area contributed by atoms with Gasteiger partial charge < -0.3 is 5.32 Å². The third kappa shape index (κ3) is 3.09. The number of hydrogen-bond acceptors (Lipinski definition) is 2. The summed E-state index contributed by atoms with van der Waals surface area (Å²) >= 11 is 0. The molecule has 1 aromatic heterocycles. The largest absolute Gasteiger partial charge is 0.344 e. The van der Waals surface area contributed by atoms with Gasteiger partial charge in [0.05, 0.1) is 11.7 Å². The van der Waals surface area contributed by atoms with Crippen LogP contribution in [0.15, 0.2) is 78.9 Å².